The molecule has 0 aliphatic heterocycles. The fourth-order valence-corrected chi connectivity index (χ4v) is 1.16. The average Bonchev–Trinajstić information content (AvgIpc) is 2.89. The highest BCUT2D eigenvalue weighted by atomic mass is 16.5. The number of H-pyrrole nitrogens is 1. The topological polar surface area (TPSA) is 68.1 Å². The highest BCUT2D eigenvalue weighted by molar-refractivity contribution is 5.86. The van der Waals surface area contributed by atoms with Gasteiger partial charge in [-0.25, -0.2) is 9.78 Å². The summed E-state index contributed by atoms with van der Waals surface area (Å²) in [6.07, 6.45) is 3.11. The summed E-state index contributed by atoms with van der Waals surface area (Å²) in [6.45, 7) is 2.05. The highest BCUT2D eigenvalue weighted by Crippen LogP contribution is 2.16. The fraction of sp³-hybridized carbons (Fsp3) is 0.200. The summed E-state index contributed by atoms with van der Waals surface area (Å²) in [6, 6.07) is 3.63. The molecule has 5 nitrogen and oxygen atoms in total. The molecule has 2 aromatic rings. The van der Waals surface area contributed by atoms with Gasteiger partial charge in [-0.2, -0.15) is 0 Å². The molecule has 0 aromatic carbocycles. The van der Waals surface area contributed by atoms with E-state index in [9.17, 15) is 4.79 Å². The average molecular weight is 206 g/mol. The van der Waals surface area contributed by atoms with Crippen molar-refractivity contribution < 1.29 is 13.9 Å². The zero-order valence-electron chi connectivity index (χ0n) is 8.19. The fourth-order valence-electron chi connectivity index (χ4n) is 1.16. The van der Waals surface area contributed by atoms with Crippen LogP contribution in [0.3, 0.4) is 0 Å². The summed E-state index contributed by atoms with van der Waals surface area (Å²) in [5.74, 6) is -0.00712. The van der Waals surface area contributed by atoms with E-state index in [0.717, 1.165) is 5.69 Å². The number of rotatable bonds is 3. The minimum Gasteiger partial charge on any atom is -0.460 e. The predicted molar refractivity (Wildman–Crippen MR) is 52.2 cm³/mol. The molecule has 5 heteroatoms. The van der Waals surface area contributed by atoms with Gasteiger partial charge in [-0.3, -0.25) is 0 Å². The number of carbonyl (C=O) groups excluding carboxylic acids is 1. The Morgan fingerprint density at radius 1 is 1.67 bits per heavy atom. The smallest absolute Gasteiger partial charge is 0.375 e. The minimum atomic E-state index is -0.497. The molecular weight excluding hydrogens is 196 g/mol. The van der Waals surface area contributed by atoms with Crippen LogP contribution in [0.15, 0.2) is 28.9 Å². The summed E-state index contributed by atoms with van der Waals surface area (Å²) in [5, 5.41) is 0. The molecule has 0 amide bonds. The molecule has 2 rings (SSSR count). The maximum Gasteiger partial charge on any atom is 0.375 e. The Balaban J connectivity index is 2.21. The van der Waals surface area contributed by atoms with E-state index < -0.39 is 5.97 Å². The molecular formula is C10H10N2O3. The largest absolute Gasteiger partial charge is 0.460 e. The van der Waals surface area contributed by atoms with Crippen molar-refractivity contribution in [3.05, 3.63) is 30.3 Å². The molecule has 15 heavy (non-hydrogen) atoms. The lowest BCUT2D eigenvalue weighted by Gasteiger charge is -1.95. The van der Waals surface area contributed by atoms with Crippen molar-refractivity contribution >= 4 is 5.97 Å². The number of ether oxygens (including phenoxy) is 1. The minimum absolute atomic E-state index is 0.112. The van der Waals surface area contributed by atoms with Crippen LogP contribution in [0, 0.1) is 0 Å². The third-order valence-electron chi connectivity index (χ3n) is 1.81. The lowest BCUT2D eigenvalue weighted by molar-refractivity contribution is 0.0491. The lowest BCUT2D eigenvalue weighted by atomic mass is 10.4. The van der Waals surface area contributed by atoms with Gasteiger partial charge < -0.3 is 14.1 Å². The van der Waals surface area contributed by atoms with Gasteiger partial charge in [0, 0.05) is 6.20 Å². The van der Waals surface area contributed by atoms with Crippen molar-refractivity contribution in [2.24, 2.45) is 0 Å². The number of carbonyl (C=O) groups is 1. The van der Waals surface area contributed by atoms with Gasteiger partial charge in [0.05, 0.1) is 12.8 Å². The summed E-state index contributed by atoms with van der Waals surface area (Å²) in [4.78, 5) is 18.2. The molecule has 0 saturated carbocycles. The van der Waals surface area contributed by atoms with Crippen LogP contribution in [0.4, 0.5) is 0 Å². The van der Waals surface area contributed by atoms with Gasteiger partial charge in [-0.1, -0.05) is 0 Å². The van der Waals surface area contributed by atoms with Gasteiger partial charge in [0.1, 0.15) is 5.69 Å². The number of oxazole rings is 1. The second-order valence-electron chi connectivity index (χ2n) is 2.83. The predicted octanol–water partition coefficient (Wildman–Crippen LogP) is 1.85. The summed E-state index contributed by atoms with van der Waals surface area (Å²) >= 11 is 0. The van der Waals surface area contributed by atoms with Gasteiger partial charge in [0.25, 0.3) is 0 Å². The standard InChI is InChI=1S/C10H10N2O3/c1-2-14-10(13)8-6-12-9(15-8)7-4-3-5-11-7/h3-6,11H,2H2,1H3. The Morgan fingerprint density at radius 3 is 3.20 bits per heavy atom. The molecule has 0 aliphatic carbocycles. The second-order valence-corrected chi connectivity index (χ2v) is 2.83. The Morgan fingerprint density at radius 2 is 2.53 bits per heavy atom. The van der Waals surface area contributed by atoms with E-state index in [4.69, 9.17) is 9.15 Å². The molecule has 0 fully saturated rings. The van der Waals surface area contributed by atoms with E-state index in [1.807, 2.05) is 6.07 Å². The number of esters is 1. The van der Waals surface area contributed by atoms with Crippen LogP contribution in [-0.2, 0) is 4.74 Å². The van der Waals surface area contributed by atoms with Crippen molar-refractivity contribution in [1.29, 1.82) is 0 Å². The molecule has 2 aromatic heterocycles. The van der Waals surface area contributed by atoms with Crippen molar-refractivity contribution in [2.45, 2.75) is 6.92 Å². The summed E-state index contributed by atoms with van der Waals surface area (Å²) < 4.78 is 10.0. The van der Waals surface area contributed by atoms with Crippen molar-refractivity contribution in [2.75, 3.05) is 6.61 Å². The molecule has 2 heterocycles. The Kier molecular flexibility index (Phi) is 2.53. The van der Waals surface area contributed by atoms with Crippen LogP contribution in [0.1, 0.15) is 17.5 Å². The van der Waals surface area contributed by atoms with Gasteiger partial charge in [-0.05, 0) is 19.1 Å². The van der Waals surface area contributed by atoms with Gasteiger partial charge in [-0.15, -0.1) is 0 Å². The van der Waals surface area contributed by atoms with Crippen LogP contribution < -0.4 is 0 Å². The van der Waals surface area contributed by atoms with E-state index in [2.05, 4.69) is 9.97 Å². The van der Waals surface area contributed by atoms with Crippen molar-refractivity contribution in [1.82, 2.24) is 9.97 Å². The van der Waals surface area contributed by atoms with E-state index >= 15 is 0 Å². The summed E-state index contributed by atoms with van der Waals surface area (Å²) in [5.41, 5.74) is 0.727. The van der Waals surface area contributed by atoms with Crippen LogP contribution in [0.5, 0.6) is 0 Å². The van der Waals surface area contributed by atoms with Gasteiger partial charge >= 0.3 is 5.97 Å². The second kappa shape index (κ2) is 4.00. The van der Waals surface area contributed by atoms with Crippen LogP contribution >= 0.6 is 0 Å². The zero-order valence-corrected chi connectivity index (χ0v) is 8.19. The Bertz CT molecular complexity index is 445. The van der Waals surface area contributed by atoms with Crippen LogP contribution in [0.2, 0.25) is 0 Å². The number of hydrogen-bond donors (Lipinski definition) is 1. The van der Waals surface area contributed by atoms with E-state index in [-0.39, 0.29) is 5.76 Å². The molecule has 0 radical (unpaired) electrons. The molecule has 0 bridgehead atoms. The van der Waals surface area contributed by atoms with E-state index in [1.165, 1.54) is 6.20 Å². The van der Waals surface area contributed by atoms with Crippen LogP contribution in [-0.4, -0.2) is 22.5 Å². The lowest BCUT2D eigenvalue weighted by Crippen LogP contribution is -2.02. The number of aromatic amines is 1. The maximum atomic E-state index is 11.3. The van der Waals surface area contributed by atoms with E-state index in [0.29, 0.717) is 12.5 Å². The van der Waals surface area contributed by atoms with Gasteiger partial charge in [0.2, 0.25) is 11.7 Å². The van der Waals surface area contributed by atoms with Crippen molar-refractivity contribution in [3.8, 4) is 11.6 Å². The third kappa shape index (κ3) is 1.90. The highest BCUT2D eigenvalue weighted by Gasteiger charge is 2.14. The third-order valence-corrected chi connectivity index (χ3v) is 1.81. The number of aromatic nitrogens is 2. The molecule has 1 N–H and O–H groups in total. The van der Waals surface area contributed by atoms with Crippen molar-refractivity contribution in [3.63, 3.8) is 0 Å². The monoisotopic (exact) mass is 206 g/mol. The molecule has 0 atom stereocenters. The number of nitrogens with zero attached hydrogens (tertiary/aromatic N) is 1. The summed E-state index contributed by atoms with van der Waals surface area (Å²) in [7, 11) is 0. The molecule has 0 unspecified atom stereocenters. The molecule has 0 spiro atoms. The maximum absolute atomic E-state index is 11.3. The normalized spacial score (nSPS) is 10.2. The first kappa shape index (κ1) is 9.51. The molecule has 0 saturated heterocycles. The quantitative estimate of drug-likeness (QED) is 0.778. The SMILES string of the molecule is CCOC(=O)c1cnc(-c2ccc[nH]2)o1. The molecule has 0 aliphatic rings. The molecule has 78 valence electrons. The zero-order chi connectivity index (χ0) is 10.7. The first-order valence-electron chi connectivity index (χ1n) is 4.58. The number of hydrogen-bond acceptors (Lipinski definition) is 4. The van der Waals surface area contributed by atoms with Crippen LogP contribution in [0.25, 0.3) is 11.6 Å². The Hall–Kier alpha value is -2.04. The number of nitrogens with one attached hydrogen (secondary N) is 1. The Labute approximate surface area is 86.1 Å². The first-order chi connectivity index (χ1) is 7.31. The first-order valence-corrected chi connectivity index (χ1v) is 4.58. The van der Waals surface area contributed by atoms with Gasteiger partial charge in [0.15, 0.2) is 0 Å². The van der Waals surface area contributed by atoms with E-state index in [1.54, 1.807) is 19.2 Å².